The number of carbonyl (C=O) groups excluding carboxylic acids is 1. The Kier molecular flexibility index (Phi) is 7.39. The zero-order valence-electron chi connectivity index (χ0n) is 21.0. The molecule has 2 aliphatic rings. The monoisotopic (exact) mass is 516 g/mol. The lowest BCUT2D eigenvalue weighted by molar-refractivity contribution is -0.122. The van der Waals surface area contributed by atoms with E-state index in [9.17, 15) is 13.2 Å². The molecule has 37 heavy (non-hydrogen) atoms. The molecule has 0 spiro atoms. The van der Waals surface area contributed by atoms with Gasteiger partial charge in [0, 0.05) is 31.6 Å². The Morgan fingerprint density at radius 1 is 1.05 bits per heavy atom. The van der Waals surface area contributed by atoms with Crippen LogP contribution in [-0.4, -0.2) is 50.6 Å². The Labute approximate surface area is 218 Å². The number of hydrogen-bond acceptors (Lipinski definition) is 5. The minimum Gasteiger partial charge on any atom is -0.368 e. The summed E-state index contributed by atoms with van der Waals surface area (Å²) < 4.78 is 28.7. The first-order valence-corrected chi connectivity index (χ1v) is 14.2. The fourth-order valence-electron chi connectivity index (χ4n) is 4.99. The first-order valence-electron chi connectivity index (χ1n) is 12.7. The number of benzene rings is 3. The highest BCUT2D eigenvalue weighted by Gasteiger charge is 2.37. The van der Waals surface area contributed by atoms with Gasteiger partial charge in [0.25, 0.3) is 0 Å². The van der Waals surface area contributed by atoms with Gasteiger partial charge < -0.3 is 10.6 Å². The van der Waals surface area contributed by atoms with Crippen LogP contribution in [0, 0.1) is 6.92 Å². The fraction of sp³-hybridized carbons (Fsp3) is 0.310. The highest BCUT2D eigenvalue weighted by Crippen LogP contribution is 2.36. The van der Waals surface area contributed by atoms with Crippen LogP contribution < -0.4 is 10.6 Å². The molecular formula is C29H32N4O3S. The van der Waals surface area contributed by atoms with E-state index in [2.05, 4.69) is 27.8 Å². The van der Waals surface area contributed by atoms with Gasteiger partial charge in [-0.1, -0.05) is 66.2 Å². The van der Waals surface area contributed by atoms with Crippen LogP contribution in [0.3, 0.4) is 0 Å². The number of aryl methyl sites for hydroxylation is 1. The van der Waals surface area contributed by atoms with Crippen LogP contribution in [-0.2, 0) is 27.7 Å². The molecule has 0 bridgehead atoms. The smallest absolute Gasteiger partial charge is 0.243 e. The lowest BCUT2D eigenvalue weighted by atomic mass is 9.92. The molecule has 3 aromatic carbocycles. The second-order valence-corrected chi connectivity index (χ2v) is 11.4. The van der Waals surface area contributed by atoms with Crippen molar-refractivity contribution in [1.29, 1.82) is 0 Å². The number of nitrogens with one attached hydrogen (secondary N) is 2. The number of amides is 1. The Hall–Kier alpha value is -3.49. The third-order valence-electron chi connectivity index (χ3n) is 7.01. The molecule has 0 fully saturated rings. The molecule has 7 nitrogen and oxygen atoms in total. The summed E-state index contributed by atoms with van der Waals surface area (Å²) in [6, 6.07) is 22.4. The van der Waals surface area contributed by atoms with Gasteiger partial charge >= 0.3 is 0 Å². The molecule has 0 aromatic heterocycles. The van der Waals surface area contributed by atoms with Crippen molar-refractivity contribution >= 4 is 21.8 Å². The van der Waals surface area contributed by atoms with Gasteiger partial charge in [-0.3, -0.25) is 9.79 Å². The van der Waals surface area contributed by atoms with Crippen LogP contribution >= 0.6 is 0 Å². The summed E-state index contributed by atoms with van der Waals surface area (Å²) in [5.41, 5.74) is 5.18. The Balaban J connectivity index is 1.26. The fourth-order valence-corrected chi connectivity index (χ4v) is 6.59. The van der Waals surface area contributed by atoms with Gasteiger partial charge in [0.2, 0.25) is 15.9 Å². The van der Waals surface area contributed by atoms with E-state index in [-0.39, 0.29) is 17.2 Å². The number of fused-ring (bicyclic) bond motifs is 1. The average Bonchev–Trinajstić information content (AvgIpc) is 3.45. The molecule has 0 saturated carbocycles. The van der Waals surface area contributed by atoms with Gasteiger partial charge in [0.1, 0.15) is 5.84 Å². The highest BCUT2D eigenvalue weighted by molar-refractivity contribution is 7.89. The summed E-state index contributed by atoms with van der Waals surface area (Å²) >= 11 is 0. The van der Waals surface area contributed by atoms with Gasteiger partial charge in [-0.05, 0) is 48.6 Å². The van der Waals surface area contributed by atoms with Crippen molar-refractivity contribution in [2.24, 2.45) is 4.99 Å². The SMILES string of the molecule is Cc1ccc(S(=O)(=O)N2CCc3ccccc3C2CC(=O)NCCc2ccc(C3=NCCN3)cc2)cc1. The minimum atomic E-state index is -3.75. The third kappa shape index (κ3) is 5.60. The number of carbonyl (C=O) groups is 1. The summed E-state index contributed by atoms with van der Waals surface area (Å²) in [7, 11) is -3.75. The van der Waals surface area contributed by atoms with Gasteiger partial charge in [0.05, 0.1) is 17.5 Å². The van der Waals surface area contributed by atoms with Crippen LogP contribution in [0.4, 0.5) is 0 Å². The van der Waals surface area contributed by atoms with Gasteiger partial charge in [-0.2, -0.15) is 4.31 Å². The molecule has 2 N–H and O–H groups in total. The quantitative estimate of drug-likeness (QED) is 0.480. The van der Waals surface area contributed by atoms with E-state index >= 15 is 0 Å². The molecule has 1 unspecified atom stereocenters. The number of nitrogens with zero attached hydrogens (tertiary/aromatic N) is 2. The molecule has 5 rings (SSSR count). The minimum absolute atomic E-state index is 0.0759. The topological polar surface area (TPSA) is 90.9 Å². The van der Waals surface area contributed by atoms with Crippen molar-refractivity contribution in [3.8, 4) is 0 Å². The summed E-state index contributed by atoms with van der Waals surface area (Å²) in [6.07, 6.45) is 1.39. The van der Waals surface area contributed by atoms with E-state index in [4.69, 9.17) is 0 Å². The van der Waals surface area contributed by atoms with Crippen LogP contribution in [0.15, 0.2) is 82.7 Å². The second-order valence-electron chi connectivity index (χ2n) is 9.55. The first-order chi connectivity index (χ1) is 17.9. The van der Waals surface area contributed by atoms with Crippen molar-refractivity contribution in [1.82, 2.24) is 14.9 Å². The number of sulfonamides is 1. The van der Waals surface area contributed by atoms with Crippen LogP contribution in [0.25, 0.3) is 0 Å². The van der Waals surface area contributed by atoms with Gasteiger partial charge in [-0.15, -0.1) is 0 Å². The maximum atomic E-state index is 13.6. The normalized spacial score (nSPS) is 17.5. The largest absolute Gasteiger partial charge is 0.368 e. The zero-order chi connectivity index (χ0) is 25.8. The van der Waals surface area contributed by atoms with E-state index in [0.717, 1.165) is 46.7 Å². The summed E-state index contributed by atoms with van der Waals surface area (Å²) in [5.74, 6) is 0.768. The Bertz CT molecular complexity index is 1400. The number of rotatable bonds is 8. The Morgan fingerprint density at radius 2 is 1.81 bits per heavy atom. The lowest BCUT2D eigenvalue weighted by Gasteiger charge is -2.36. The van der Waals surface area contributed by atoms with Crippen molar-refractivity contribution in [2.45, 2.75) is 37.1 Å². The third-order valence-corrected chi connectivity index (χ3v) is 8.93. The standard InChI is InChI=1S/C29H32N4O3S/c1-21-6-12-25(13-7-21)37(35,36)33-19-15-23-4-2-3-5-26(23)27(33)20-28(34)30-16-14-22-8-10-24(11-9-22)29-31-17-18-32-29/h2-13,27H,14-20H2,1H3,(H,30,34)(H,31,32). The molecule has 3 aromatic rings. The van der Waals surface area contributed by atoms with E-state index in [1.807, 2.05) is 43.3 Å². The van der Waals surface area contributed by atoms with E-state index < -0.39 is 16.1 Å². The maximum absolute atomic E-state index is 13.6. The van der Waals surface area contributed by atoms with Gasteiger partial charge in [0.15, 0.2) is 0 Å². The molecule has 0 aliphatic carbocycles. The zero-order valence-corrected chi connectivity index (χ0v) is 21.8. The van der Waals surface area contributed by atoms with Crippen LogP contribution in [0.1, 0.15) is 40.3 Å². The lowest BCUT2D eigenvalue weighted by Crippen LogP contribution is -2.42. The predicted octanol–water partition coefficient (Wildman–Crippen LogP) is 3.38. The molecule has 192 valence electrons. The molecule has 1 amide bonds. The van der Waals surface area contributed by atoms with E-state index in [0.29, 0.717) is 25.9 Å². The molecule has 8 heteroatoms. The van der Waals surface area contributed by atoms with Crippen molar-refractivity contribution in [2.75, 3.05) is 26.2 Å². The predicted molar refractivity (Wildman–Crippen MR) is 145 cm³/mol. The van der Waals surface area contributed by atoms with Crippen molar-refractivity contribution in [3.63, 3.8) is 0 Å². The second kappa shape index (κ2) is 10.9. The van der Waals surface area contributed by atoms with Gasteiger partial charge in [-0.25, -0.2) is 8.42 Å². The van der Waals surface area contributed by atoms with E-state index in [1.165, 1.54) is 4.31 Å². The molecule has 2 heterocycles. The van der Waals surface area contributed by atoms with Crippen molar-refractivity contribution in [3.05, 3.63) is 101 Å². The summed E-state index contributed by atoms with van der Waals surface area (Å²) in [6.45, 7) is 4.43. The highest BCUT2D eigenvalue weighted by atomic mass is 32.2. The average molecular weight is 517 g/mol. The molecule has 0 radical (unpaired) electrons. The van der Waals surface area contributed by atoms with Crippen LogP contribution in [0.2, 0.25) is 0 Å². The molecule has 1 atom stereocenters. The molecular weight excluding hydrogens is 484 g/mol. The molecule has 0 saturated heterocycles. The summed E-state index contributed by atoms with van der Waals surface area (Å²) in [4.78, 5) is 17.7. The van der Waals surface area contributed by atoms with Crippen molar-refractivity contribution < 1.29 is 13.2 Å². The molecule has 2 aliphatic heterocycles. The maximum Gasteiger partial charge on any atom is 0.243 e. The number of hydrogen-bond donors (Lipinski definition) is 2. The summed E-state index contributed by atoms with van der Waals surface area (Å²) in [5, 5.41) is 6.27. The number of aliphatic imine (C=N–C) groups is 1. The van der Waals surface area contributed by atoms with E-state index in [1.54, 1.807) is 24.3 Å². The Morgan fingerprint density at radius 3 is 2.54 bits per heavy atom. The first kappa shape index (κ1) is 25.2. The number of amidine groups is 1. The van der Waals surface area contributed by atoms with Crippen LogP contribution in [0.5, 0.6) is 0 Å².